The Morgan fingerprint density at radius 1 is 1.55 bits per heavy atom. The predicted octanol–water partition coefficient (Wildman–Crippen LogP) is 2.80. The molecule has 1 heterocycles. The van der Waals surface area contributed by atoms with Gasteiger partial charge in [0.25, 0.3) is 0 Å². The van der Waals surface area contributed by atoms with E-state index in [0.717, 1.165) is 27.4 Å². The van der Waals surface area contributed by atoms with Gasteiger partial charge in [-0.3, -0.25) is 4.68 Å². The maximum Gasteiger partial charge on any atom is 0.328 e. The molecule has 0 fully saturated rings. The van der Waals surface area contributed by atoms with Crippen molar-refractivity contribution in [1.82, 2.24) is 9.78 Å². The molecule has 5 nitrogen and oxygen atoms in total. The summed E-state index contributed by atoms with van der Waals surface area (Å²) in [5.74, 6) is -0.234. The highest BCUT2D eigenvalue weighted by molar-refractivity contribution is 9.10. The van der Waals surface area contributed by atoms with E-state index in [0.29, 0.717) is 6.54 Å². The van der Waals surface area contributed by atoms with Crippen LogP contribution in [0.15, 0.2) is 41.1 Å². The van der Waals surface area contributed by atoms with E-state index in [2.05, 4.69) is 21.0 Å². The monoisotopic (exact) mass is 336 g/mol. The van der Waals surface area contributed by atoms with Crippen LogP contribution in [-0.4, -0.2) is 28.0 Å². The number of rotatable bonds is 5. The lowest BCUT2D eigenvalue weighted by Crippen LogP contribution is -2.02. The van der Waals surface area contributed by atoms with Gasteiger partial charge in [0.05, 0.1) is 24.3 Å². The Labute approximate surface area is 124 Å². The summed E-state index contributed by atoms with van der Waals surface area (Å²) in [6.07, 6.45) is 6.22. The molecule has 1 N–H and O–H groups in total. The number of hydrogen-bond donors (Lipinski definition) is 1. The van der Waals surface area contributed by atoms with Crippen molar-refractivity contribution in [2.45, 2.75) is 6.54 Å². The summed E-state index contributed by atoms with van der Waals surface area (Å²) in [7, 11) is 1.60. The molecule has 6 heteroatoms. The van der Waals surface area contributed by atoms with Crippen LogP contribution in [0.25, 0.3) is 6.08 Å². The molecule has 0 aliphatic carbocycles. The standard InChI is InChI=1S/C14H13BrN2O3/c1-20-13-4-2-10(3-5-14(18)19)6-11(13)8-17-9-12(15)7-16-17/h2-7,9H,8H2,1H3,(H,18,19). The first kappa shape index (κ1) is 14.3. The summed E-state index contributed by atoms with van der Waals surface area (Å²) in [5.41, 5.74) is 1.73. The molecule has 0 saturated heterocycles. The molecule has 2 rings (SSSR count). The second kappa shape index (κ2) is 6.38. The Balaban J connectivity index is 2.29. The molecular formula is C14H13BrN2O3. The zero-order chi connectivity index (χ0) is 14.5. The summed E-state index contributed by atoms with van der Waals surface area (Å²) >= 11 is 3.35. The molecule has 0 aliphatic rings. The third-order valence-electron chi connectivity index (χ3n) is 2.66. The number of hydrogen-bond acceptors (Lipinski definition) is 3. The van der Waals surface area contributed by atoms with E-state index in [1.807, 2.05) is 18.3 Å². The minimum atomic E-state index is -0.974. The lowest BCUT2D eigenvalue weighted by Gasteiger charge is -2.09. The molecule has 20 heavy (non-hydrogen) atoms. The smallest absolute Gasteiger partial charge is 0.328 e. The van der Waals surface area contributed by atoms with Gasteiger partial charge in [-0.1, -0.05) is 6.07 Å². The van der Waals surface area contributed by atoms with Crippen LogP contribution in [0.1, 0.15) is 11.1 Å². The average molecular weight is 337 g/mol. The minimum Gasteiger partial charge on any atom is -0.496 e. The number of benzene rings is 1. The topological polar surface area (TPSA) is 64.3 Å². The van der Waals surface area contributed by atoms with Crippen LogP contribution in [0, 0.1) is 0 Å². The molecule has 0 radical (unpaired) electrons. The molecule has 0 amide bonds. The summed E-state index contributed by atoms with van der Waals surface area (Å²) in [6.45, 7) is 0.545. The third-order valence-corrected chi connectivity index (χ3v) is 3.07. The zero-order valence-electron chi connectivity index (χ0n) is 10.8. The van der Waals surface area contributed by atoms with Gasteiger partial charge in [0.2, 0.25) is 0 Å². The highest BCUT2D eigenvalue weighted by Crippen LogP contribution is 2.22. The fourth-order valence-electron chi connectivity index (χ4n) is 1.79. The highest BCUT2D eigenvalue weighted by Gasteiger charge is 2.06. The average Bonchev–Trinajstić information content (AvgIpc) is 2.82. The number of methoxy groups -OCH3 is 1. The summed E-state index contributed by atoms with van der Waals surface area (Å²) in [5, 5.41) is 12.8. The number of nitrogens with zero attached hydrogens (tertiary/aromatic N) is 2. The number of halogens is 1. The predicted molar refractivity (Wildman–Crippen MR) is 78.7 cm³/mol. The van der Waals surface area contributed by atoms with Gasteiger partial charge in [0.1, 0.15) is 5.75 Å². The molecule has 1 aromatic heterocycles. The summed E-state index contributed by atoms with van der Waals surface area (Å²) in [6, 6.07) is 5.50. The van der Waals surface area contributed by atoms with Gasteiger partial charge in [-0.2, -0.15) is 5.10 Å². The Hall–Kier alpha value is -2.08. The van der Waals surface area contributed by atoms with E-state index in [4.69, 9.17) is 9.84 Å². The molecule has 0 bridgehead atoms. The third kappa shape index (κ3) is 3.71. The van der Waals surface area contributed by atoms with Crippen LogP contribution in [0.4, 0.5) is 0 Å². The first-order chi connectivity index (χ1) is 9.58. The van der Waals surface area contributed by atoms with Crippen LogP contribution in [0.3, 0.4) is 0 Å². The van der Waals surface area contributed by atoms with Gasteiger partial charge in [-0.25, -0.2) is 4.79 Å². The number of aromatic nitrogens is 2. The molecule has 104 valence electrons. The SMILES string of the molecule is COc1ccc(C=CC(=O)O)cc1Cn1cc(Br)cn1. The van der Waals surface area contributed by atoms with E-state index in [-0.39, 0.29) is 0 Å². The second-order valence-corrected chi connectivity index (χ2v) is 5.01. The van der Waals surface area contributed by atoms with E-state index < -0.39 is 5.97 Å². The molecule has 0 spiro atoms. The van der Waals surface area contributed by atoms with Crippen LogP contribution < -0.4 is 4.74 Å². The fraction of sp³-hybridized carbons (Fsp3) is 0.143. The van der Waals surface area contributed by atoms with Crippen molar-refractivity contribution in [3.8, 4) is 5.75 Å². The molecule has 1 aromatic carbocycles. The summed E-state index contributed by atoms with van der Waals surface area (Å²) < 4.78 is 7.98. The summed E-state index contributed by atoms with van der Waals surface area (Å²) in [4.78, 5) is 10.5. The Morgan fingerprint density at radius 2 is 2.35 bits per heavy atom. The zero-order valence-corrected chi connectivity index (χ0v) is 12.4. The highest BCUT2D eigenvalue weighted by atomic mass is 79.9. The minimum absolute atomic E-state index is 0.545. The van der Waals surface area contributed by atoms with Gasteiger partial charge in [-0.15, -0.1) is 0 Å². The van der Waals surface area contributed by atoms with Crippen molar-refractivity contribution in [1.29, 1.82) is 0 Å². The quantitative estimate of drug-likeness (QED) is 0.852. The molecule has 0 saturated carbocycles. The van der Waals surface area contributed by atoms with Gasteiger partial charge in [0.15, 0.2) is 0 Å². The Morgan fingerprint density at radius 3 is 2.95 bits per heavy atom. The number of carboxylic acid groups (broad SMARTS) is 1. The van der Waals surface area contributed by atoms with Crippen LogP contribution in [0.2, 0.25) is 0 Å². The Kier molecular flexibility index (Phi) is 4.57. The first-order valence-electron chi connectivity index (χ1n) is 5.84. The van der Waals surface area contributed by atoms with Crippen LogP contribution in [-0.2, 0) is 11.3 Å². The number of aliphatic carboxylic acids is 1. The number of carboxylic acids is 1. The van der Waals surface area contributed by atoms with Crippen molar-refractivity contribution in [2.75, 3.05) is 7.11 Å². The molecule has 0 atom stereocenters. The lowest BCUT2D eigenvalue weighted by atomic mass is 10.1. The van der Waals surface area contributed by atoms with Crippen molar-refractivity contribution in [3.05, 3.63) is 52.3 Å². The lowest BCUT2D eigenvalue weighted by molar-refractivity contribution is -0.131. The van der Waals surface area contributed by atoms with Crippen molar-refractivity contribution >= 4 is 28.0 Å². The second-order valence-electron chi connectivity index (χ2n) is 4.10. The molecular weight excluding hydrogens is 324 g/mol. The van der Waals surface area contributed by atoms with E-state index in [1.165, 1.54) is 0 Å². The largest absolute Gasteiger partial charge is 0.496 e. The van der Waals surface area contributed by atoms with Gasteiger partial charge in [-0.05, 0) is 39.7 Å². The van der Waals surface area contributed by atoms with Gasteiger partial charge < -0.3 is 9.84 Å². The number of carbonyl (C=O) groups is 1. The normalized spacial score (nSPS) is 10.9. The molecule has 0 aliphatic heterocycles. The number of ether oxygens (including phenoxy) is 1. The van der Waals surface area contributed by atoms with Crippen molar-refractivity contribution in [2.24, 2.45) is 0 Å². The molecule has 0 unspecified atom stereocenters. The molecule has 2 aromatic rings. The van der Waals surface area contributed by atoms with Crippen molar-refractivity contribution < 1.29 is 14.6 Å². The van der Waals surface area contributed by atoms with Crippen molar-refractivity contribution in [3.63, 3.8) is 0 Å². The maximum atomic E-state index is 10.5. The maximum absolute atomic E-state index is 10.5. The Bertz CT molecular complexity index is 650. The first-order valence-corrected chi connectivity index (χ1v) is 6.63. The van der Waals surface area contributed by atoms with Gasteiger partial charge >= 0.3 is 5.97 Å². The van der Waals surface area contributed by atoms with E-state index in [9.17, 15) is 4.79 Å². The van der Waals surface area contributed by atoms with E-state index in [1.54, 1.807) is 30.1 Å². The van der Waals surface area contributed by atoms with Crippen LogP contribution >= 0.6 is 15.9 Å². The van der Waals surface area contributed by atoms with Crippen LogP contribution in [0.5, 0.6) is 5.75 Å². The fourth-order valence-corrected chi connectivity index (χ4v) is 2.12. The van der Waals surface area contributed by atoms with Gasteiger partial charge in [0, 0.05) is 17.8 Å². The van der Waals surface area contributed by atoms with E-state index >= 15 is 0 Å².